The molecule has 8 heteroatoms. The number of hydrogen-bond donors (Lipinski definition) is 1. The molecule has 3 rings (SSSR count). The summed E-state index contributed by atoms with van der Waals surface area (Å²) in [4.78, 5) is 0. The maximum Gasteiger partial charge on any atom is 0.264 e. The van der Waals surface area contributed by atoms with Gasteiger partial charge in [0, 0.05) is 24.2 Å². The van der Waals surface area contributed by atoms with Crippen LogP contribution < -0.4 is 5.32 Å². The van der Waals surface area contributed by atoms with E-state index in [0.717, 1.165) is 11.4 Å². The van der Waals surface area contributed by atoms with Crippen molar-refractivity contribution < 1.29 is 12.8 Å². The van der Waals surface area contributed by atoms with E-state index in [1.54, 1.807) is 6.08 Å². The molecule has 21 heavy (non-hydrogen) atoms. The normalized spacial score (nSPS) is 20.2. The van der Waals surface area contributed by atoms with Crippen molar-refractivity contribution in [1.82, 2.24) is 20.1 Å². The first-order chi connectivity index (χ1) is 9.94. The minimum Gasteiger partial charge on any atom is -0.418 e. The average molecular weight is 308 g/mol. The number of sulfone groups is 1. The van der Waals surface area contributed by atoms with Gasteiger partial charge in [0.2, 0.25) is 5.89 Å². The van der Waals surface area contributed by atoms with Crippen LogP contribution in [0.4, 0.5) is 0 Å². The first kappa shape index (κ1) is 14.0. The summed E-state index contributed by atoms with van der Waals surface area (Å²) in [5.74, 6) is 0.962. The fourth-order valence-electron chi connectivity index (χ4n) is 2.18. The van der Waals surface area contributed by atoms with Gasteiger partial charge in [-0.3, -0.25) is 0 Å². The Labute approximate surface area is 122 Å². The number of nitrogens with one attached hydrogen (secondary N) is 1. The van der Waals surface area contributed by atoms with Crippen molar-refractivity contribution in [2.75, 3.05) is 5.75 Å². The van der Waals surface area contributed by atoms with Crippen LogP contribution >= 0.6 is 0 Å². The molecule has 0 saturated carbocycles. The summed E-state index contributed by atoms with van der Waals surface area (Å²) in [5, 5.41) is 12.3. The Morgan fingerprint density at radius 1 is 1.43 bits per heavy atom. The molecule has 7 nitrogen and oxygen atoms in total. The molecule has 0 amide bonds. The van der Waals surface area contributed by atoms with Gasteiger partial charge in [-0.15, -0.1) is 10.2 Å². The van der Waals surface area contributed by atoms with Crippen molar-refractivity contribution in [2.45, 2.75) is 19.5 Å². The Kier molecular flexibility index (Phi) is 3.42. The molecule has 0 aromatic carbocycles. The fraction of sp³-hybridized carbons (Fsp3) is 0.385. The van der Waals surface area contributed by atoms with Crippen LogP contribution in [-0.4, -0.2) is 35.0 Å². The van der Waals surface area contributed by atoms with Gasteiger partial charge in [-0.05, 0) is 19.1 Å². The van der Waals surface area contributed by atoms with Gasteiger partial charge in [0.15, 0.2) is 9.84 Å². The highest BCUT2D eigenvalue weighted by Gasteiger charge is 2.21. The molecule has 1 aliphatic heterocycles. The van der Waals surface area contributed by atoms with Crippen molar-refractivity contribution >= 4 is 9.84 Å². The third-order valence-corrected chi connectivity index (χ3v) is 4.90. The van der Waals surface area contributed by atoms with E-state index in [0.29, 0.717) is 18.3 Å². The molecular weight excluding hydrogens is 292 g/mol. The third kappa shape index (κ3) is 2.91. The number of rotatable bonds is 4. The van der Waals surface area contributed by atoms with Gasteiger partial charge in [0.05, 0.1) is 12.3 Å². The van der Waals surface area contributed by atoms with Gasteiger partial charge in [-0.25, -0.2) is 8.42 Å². The predicted octanol–water partition coefficient (Wildman–Crippen LogP) is 0.784. The third-order valence-electron chi connectivity index (χ3n) is 3.50. The Balaban J connectivity index is 1.66. The molecule has 2 aromatic heterocycles. The SMILES string of the molecule is Cc1ccc(-c2nnc(CN[C@@H]3C=CS(=O)(=O)C3)o2)n1C. The average Bonchev–Trinajstić information content (AvgIpc) is 3.09. The van der Waals surface area contributed by atoms with Gasteiger partial charge in [-0.2, -0.15) is 0 Å². The van der Waals surface area contributed by atoms with Crippen molar-refractivity contribution in [3.8, 4) is 11.6 Å². The lowest BCUT2D eigenvalue weighted by molar-refractivity contribution is 0.466. The second-order valence-electron chi connectivity index (χ2n) is 5.07. The van der Waals surface area contributed by atoms with E-state index in [4.69, 9.17) is 4.42 Å². The molecule has 0 fully saturated rings. The van der Waals surface area contributed by atoms with E-state index < -0.39 is 9.84 Å². The molecule has 0 unspecified atom stereocenters. The van der Waals surface area contributed by atoms with E-state index in [1.807, 2.05) is 30.7 Å². The Morgan fingerprint density at radius 2 is 2.24 bits per heavy atom. The van der Waals surface area contributed by atoms with E-state index in [2.05, 4.69) is 15.5 Å². The van der Waals surface area contributed by atoms with Crippen LogP contribution in [0, 0.1) is 6.92 Å². The maximum absolute atomic E-state index is 11.3. The summed E-state index contributed by atoms with van der Waals surface area (Å²) >= 11 is 0. The van der Waals surface area contributed by atoms with Crippen molar-refractivity contribution in [1.29, 1.82) is 0 Å². The summed E-state index contributed by atoms with van der Waals surface area (Å²) in [6.07, 6.45) is 1.63. The van der Waals surface area contributed by atoms with Crippen LogP contribution in [0.1, 0.15) is 11.6 Å². The van der Waals surface area contributed by atoms with E-state index in [1.165, 1.54) is 5.41 Å². The van der Waals surface area contributed by atoms with Gasteiger partial charge >= 0.3 is 0 Å². The van der Waals surface area contributed by atoms with Gasteiger partial charge in [0.25, 0.3) is 5.89 Å². The first-order valence-electron chi connectivity index (χ1n) is 6.54. The molecule has 1 N–H and O–H groups in total. The molecule has 0 spiro atoms. The second-order valence-corrected chi connectivity index (χ2v) is 7.00. The molecule has 0 saturated heterocycles. The largest absolute Gasteiger partial charge is 0.418 e. The fourth-order valence-corrected chi connectivity index (χ4v) is 3.45. The summed E-state index contributed by atoms with van der Waals surface area (Å²) < 4.78 is 30.2. The zero-order chi connectivity index (χ0) is 15.0. The number of aromatic nitrogens is 3. The Bertz CT molecular complexity index is 788. The summed E-state index contributed by atoms with van der Waals surface area (Å²) in [6, 6.07) is 3.69. The minimum atomic E-state index is -3.05. The molecular formula is C13H16N4O3S. The molecule has 0 bridgehead atoms. The van der Waals surface area contributed by atoms with E-state index >= 15 is 0 Å². The van der Waals surface area contributed by atoms with Crippen LogP contribution in [0.5, 0.6) is 0 Å². The molecule has 2 aromatic rings. The predicted molar refractivity (Wildman–Crippen MR) is 77.0 cm³/mol. The topological polar surface area (TPSA) is 90.0 Å². The van der Waals surface area contributed by atoms with Crippen LogP contribution in [0.15, 0.2) is 28.0 Å². The zero-order valence-electron chi connectivity index (χ0n) is 11.8. The van der Waals surface area contributed by atoms with Gasteiger partial charge in [-0.1, -0.05) is 6.08 Å². The van der Waals surface area contributed by atoms with Gasteiger partial charge in [0.1, 0.15) is 5.69 Å². The van der Waals surface area contributed by atoms with Crippen LogP contribution in [0.3, 0.4) is 0 Å². The second kappa shape index (κ2) is 5.12. The quantitative estimate of drug-likeness (QED) is 0.898. The highest BCUT2D eigenvalue weighted by molar-refractivity contribution is 7.94. The van der Waals surface area contributed by atoms with E-state index in [9.17, 15) is 8.42 Å². The minimum absolute atomic E-state index is 0.0744. The van der Waals surface area contributed by atoms with Gasteiger partial charge < -0.3 is 14.3 Å². The molecule has 3 heterocycles. The van der Waals surface area contributed by atoms with Crippen LogP contribution in [-0.2, 0) is 23.4 Å². The number of aryl methyl sites for hydroxylation is 1. The number of nitrogens with zero attached hydrogens (tertiary/aromatic N) is 3. The van der Waals surface area contributed by atoms with Crippen molar-refractivity contribution in [3.05, 3.63) is 35.2 Å². The van der Waals surface area contributed by atoms with Crippen LogP contribution in [0.2, 0.25) is 0 Å². The lowest BCUT2D eigenvalue weighted by Gasteiger charge is -2.06. The highest BCUT2D eigenvalue weighted by atomic mass is 32.2. The number of hydrogen-bond acceptors (Lipinski definition) is 6. The molecule has 1 atom stereocenters. The molecule has 112 valence electrons. The summed E-state index contributed by atoms with van der Waals surface area (Å²) in [5.41, 5.74) is 1.96. The standard InChI is InChI=1S/C13H16N4O3S/c1-9-3-4-11(17(9)2)13-16-15-12(20-13)7-14-10-5-6-21(18,19)8-10/h3-6,10,14H,7-8H2,1-2H3/t10-/m1/s1. The zero-order valence-corrected chi connectivity index (χ0v) is 12.6. The summed E-state index contributed by atoms with van der Waals surface area (Å²) in [7, 11) is -1.12. The Morgan fingerprint density at radius 3 is 2.86 bits per heavy atom. The smallest absolute Gasteiger partial charge is 0.264 e. The lowest BCUT2D eigenvalue weighted by atomic mass is 10.3. The Hall–Kier alpha value is -1.93. The lowest BCUT2D eigenvalue weighted by Crippen LogP contribution is -2.29. The molecule has 0 radical (unpaired) electrons. The van der Waals surface area contributed by atoms with E-state index in [-0.39, 0.29) is 11.8 Å². The highest BCUT2D eigenvalue weighted by Crippen LogP contribution is 2.20. The van der Waals surface area contributed by atoms with Crippen LogP contribution in [0.25, 0.3) is 11.6 Å². The molecule has 0 aliphatic carbocycles. The monoisotopic (exact) mass is 308 g/mol. The van der Waals surface area contributed by atoms with Crippen molar-refractivity contribution in [2.24, 2.45) is 7.05 Å². The van der Waals surface area contributed by atoms with Crippen molar-refractivity contribution in [3.63, 3.8) is 0 Å². The first-order valence-corrected chi connectivity index (χ1v) is 8.25. The summed E-state index contributed by atoms with van der Waals surface area (Å²) in [6.45, 7) is 2.33. The maximum atomic E-state index is 11.3. The molecule has 1 aliphatic rings.